The van der Waals surface area contributed by atoms with Gasteiger partial charge in [0.15, 0.2) is 0 Å². The van der Waals surface area contributed by atoms with Gasteiger partial charge in [0.2, 0.25) is 5.91 Å². The van der Waals surface area contributed by atoms with Crippen LogP contribution in [0.25, 0.3) is 11.4 Å². The van der Waals surface area contributed by atoms with E-state index < -0.39 is 24.5 Å². The lowest BCUT2D eigenvalue weighted by Gasteiger charge is -2.26. The van der Waals surface area contributed by atoms with Crippen molar-refractivity contribution >= 4 is 29.4 Å². The van der Waals surface area contributed by atoms with Crippen molar-refractivity contribution in [2.24, 2.45) is 7.05 Å². The third kappa shape index (κ3) is 6.53. The fourth-order valence-electron chi connectivity index (χ4n) is 5.69. The number of imide groups is 1. The lowest BCUT2D eigenvalue weighted by atomic mass is 10.0. The Hall–Kier alpha value is -4.39. The topological polar surface area (TPSA) is 88.9 Å². The third-order valence-electron chi connectivity index (χ3n) is 8.01. The first-order valence-corrected chi connectivity index (χ1v) is 14.6. The number of hydrogen-bond acceptors (Lipinski definition) is 6. The number of benzene rings is 3. The van der Waals surface area contributed by atoms with Gasteiger partial charge >= 0.3 is 12.6 Å². The first-order valence-electron chi connectivity index (χ1n) is 14.2. The van der Waals surface area contributed by atoms with E-state index in [0.717, 1.165) is 22.3 Å². The lowest BCUT2D eigenvalue weighted by molar-refractivity contribution is -0.141. The highest BCUT2D eigenvalue weighted by Crippen LogP contribution is 2.38. The standard InChI is InChI=1S/C32H29ClF3N5O4/c1-39-29(41-12-11-28(42)38-32(41)43)14-37-30(39)20-7-8-21-16-40(27(23(21)13-20)18-45-31(35)36)15-19-5-9-22(10-6-19)44-17-24-25(33)3-2-4-26(24)34/h2-10,13-14,27,31H,11-12,15-18H2,1H3,(H,38,42,43)/t27-/m1/s1. The van der Waals surface area contributed by atoms with Gasteiger partial charge in [0, 0.05) is 44.2 Å². The Labute approximate surface area is 262 Å². The maximum Gasteiger partial charge on any atom is 0.345 e. The molecule has 13 heteroatoms. The Morgan fingerprint density at radius 3 is 2.64 bits per heavy atom. The highest BCUT2D eigenvalue weighted by Gasteiger charge is 2.32. The molecule has 0 bridgehead atoms. The van der Waals surface area contributed by atoms with Crippen LogP contribution in [-0.2, 0) is 36.3 Å². The molecular weight excluding hydrogens is 611 g/mol. The Balaban J connectivity index is 1.19. The van der Waals surface area contributed by atoms with Crippen LogP contribution in [0.2, 0.25) is 5.02 Å². The summed E-state index contributed by atoms with van der Waals surface area (Å²) in [6, 6.07) is 16.6. The minimum absolute atomic E-state index is 0.0238. The summed E-state index contributed by atoms with van der Waals surface area (Å²) in [5, 5.41) is 2.60. The minimum Gasteiger partial charge on any atom is -0.489 e. The van der Waals surface area contributed by atoms with Gasteiger partial charge in [0.25, 0.3) is 0 Å². The summed E-state index contributed by atoms with van der Waals surface area (Å²) in [6.07, 6.45) is 1.75. The van der Waals surface area contributed by atoms with E-state index in [1.165, 1.54) is 17.0 Å². The number of urea groups is 1. The molecule has 0 spiro atoms. The van der Waals surface area contributed by atoms with Crippen LogP contribution in [0.4, 0.5) is 23.8 Å². The number of carbonyl (C=O) groups excluding carboxylic acids is 2. The third-order valence-corrected chi connectivity index (χ3v) is 8.36. The quantitative estimate of drug-likeness (QED) is 0.222. The van der Waals surface area contributed by atoms with E-state index >= 15 is 0 Å². The van der Waals surface area contributed by atoms with Gasteiger partial charge in [-0.3, -0.25) is 19.9 Å². The van der Waals surface area contributed by atoms with Gasteiger partial charge in [0.1, 0.15) is 29.8 Å². The van der Waals surface area contributed by atoms with Crippen molar-refractivity contribution in [3.63, 3.8) is 0 Å². The Morgan fingerprint density at radius 1 is 1.11 bits per heavy atom. The van der Waals surface area contributed by atoms with E-state index in [4.69, 9.17) is 21.1 Å². The molecule has 234 valence electrons. The van der Waals surface area contributed by atoms with Crippen molar-refractivity contribution in [2.45, 2.75) is 38.8 Å². The number of alkyl halides is 2. The minimum atomic E-state index is -2.92. The molecule has 0 unspecified atom stereocenters. The Kier molecular flexibility index (Phi) is 8.79. The Bertz CT molecular complexity index is 1710. The molecule has 1 fully saturated rings. The van der Waals surface area contributed by atoms with Crippen LogP contribution < -0.4 is 15.0 Å². The zero-order chi connectivity index (χ0) is 31.7. The molecule has 2 aliphatic heterocycles. The number of nitrogens with zero attached hydrogens (tertiary/aromatic N) is 4. The summed E-state index contributed by atoms with van der Waals surface area (Å²) in [6.45, 7) is -1.95. The van der Waals surface area contributed by atoms with Crippen LogP contribution in [0.5, 0.6) is 5.75 Å². The molecule has 9 nitrogen and oxygen atoms in total. The molecule has 6 rings (SSSR count). The second kappa shape index (κ2) is 12.9. The largest absolute Gasteiger partial charge is 0.489 e. The summed E-state index contributed by atoms with van der Waals surface area (Å²) >= 11 is 6.09. The number of amides is 3. The number of nitrogens with one attached hydrogen (secondary N) is 1. The van der Waals surface area contributed by atoms with Crippen LogP contribution in [0, 0.1) is 5.82 Å². The van der Waals surface area contributed by atoms with Crippen molar-refractivity contribution in [3.05, 3.63) is 100.0 Å². The summed E-state index contributed by atoms with van der Waals surface area (Å²) in [7, 11) is 1.77. The number of imidazole rings is 1. The number of rotatable bonds is 10. The molecule has 1 saturated heterocycles. The molecule has 3 heterocycles. The second-order valence-corrected chi connectivity index (χ2v) is 11.2. The normalized spacial score (nSPS) is 16.8. The maximum absolute atomic E-state index is 14.1. The fraction of sp³-hybridized carbons (Fsp3) is 0.281. The number of halogens is 4. The van der Waals surface area contributed by atoms with Crippen LogP contribution in [0.1, 0.15) is 34.7 Å². The molecule has 0 saturated carbocycles. The first-order chi connectivity index (χ1) is 21.7. The zero-order valence-electron chi connectivity index (χ0n) is 24.2. The number of hydrogen-bond donors (Lipinski definition) is 1. The van der Waals surface area contributed by atoms with Crippen molar-refractivity contribution < 1.29 is 32.2 Å². The molecule has 0 aliphatic carbocycles. The average molecular weight is 640 g/mol. The molecule has 1 atom stereocenters. The van der Waals surface area contributed by atoms with Gasteiger partial charge in [-0.2, -0.15) is 8.78 Å². The molecule has 2 aliphatic rings. The summed E-state index contributed by atoms with van der Waals surface area (Å²) in [5.41, 5.74) is 3.77. The number of aromatic nitrogens is 2. The maximum atomic E-state index is 14.1. The van der Waals surface area contributed by atoms with E-state index in [1.54, 1.807) is 36.0 Å². The highest BCUT2D eigenvalue weighted by molar-refractivity contribution is 6.31. The van der Waals surface area contributed by atoms with Gasteiger partial charge in [-0.25, -0.2) is 14.2 Å². The second-order valence-electron chi connectivity index (χ2n) is 10.8. The summed E-state index contributed by atoms with van der Waals surface area (Å²) < 4.78 is 52.8. The van der Waals surface area contributed by atoms with Crippen LogP contribution in [0.15, 0.2) is 66.9 Å². The smallest absolute Gasteiger partial charge is 0.345 e. The van der Waals surface area contributed by atoms with Crippen molar-refractivity contribution in [3.8, 4) is 17.1 Å². The van der Waals surface area contributed by atoms with Crippen molar-refractivity contribution in [1.82, 2.24) is 19.8 Å². The molecule has 4 aromatic rings. The van der Waals surface area contributed by atoms with E-state index in [1.807, 2.05) is 30.3 Å². The van der Waals surface area contributed by atoms with Crippen molar-refractivity contribution in [2.75, 3.05) is 18.1 Å². The zero-order valence-corrected chi connectivity index (χ0v) is 24.9. The molecule has 1 N–H and O–H groups in total. The molecule has 1 aromatic heterocycles. The van der Waals surface area contributed by atoms with E-state index in [-0.39, 0.29) is 42.7 Å². The van der Waals surface area contributed by atoms with Gasteiger partial charge in [0.05, 0.1) is 23.9 Å². The SMILES string of the molecule is Cn1c(N2CCC(=O)NC2=O)cnc1-c1ccc2c(c1)[C@@H](COC(F)F)N(Cc1ccc(OCc3c(F)cccc3Cl)cc1)C2. The highest BCUT2D eigenvalue weighted by atomic mass is 35.5. The molecular formula is C32H29ClF3N5O4. The van der Waals surface area contributed by atoms with Gasteiger partial charge in [-0.15, -0.1) is 0 Å². The number of anilines is 1. The van der Waals surface area contributed by atoms with Crippen LogP contribution >= 0.6 is 11.6 Å². The Morgan fingerprint density at radius 2 is 1.91 bits per heavy atom. The molecule has 0 radical (unpaired) electrons. The van der Waals surface area contributed by atoms with Gasteiger partial charge in [-0.1, -0.05) is 41.9 Å². The first kappa shape index (κ1) is 30.6. The summed E-state index contributed by atoms with van der Waals surface area (Å²) in [4.78, 5) is 32.0. The van der Waals surface area contributed by atoms with Crippen LogP contribution in [-0.4, -0.2) is 46.2 Å². The molecule has 3 aromatic carbocycles. The monoisotopic (exact) mass is 639 g/mol. The number of carbonyl (C=O) groups is 2. The van der Waals surface area contributed by atoms with Crippen LogP contribution in [0.3, 0.4) is 0 Å². The molecule has 3 amide bonds. The van der Waals surface area contributed by atoms with E-state index in [0.29, 0.717) is 30.5 Å². The van der Waals surface area contributed by atoms with Gasteiger partial charge in [-0.05, 0) is 47.0 Å². The summed E-state index contributed by atoms with van der Waals surface area (Å²) in [5.74, 6) is 0.876. The average Bonchev–Trinajstić information content (AvgIpc) is 3.55. The van der Waals surface area contributed by atoms with Crippen molar-refractivity contribution in [1.29, 1.82) is 0 Å². The number of ether oxygens (including phenoxy) is 2. The fourth-order valence-corrected chi connectivity index (χ4v) is 5.91. The lowest BCUT2D eigenvalue weighted by Crippen LogP contribution is -2.50. The molecule has 45 heavy (non-hydrogen) atoms. The predicted octanol–water partition coefficient (Wildman–Crippen LogP) is 6.20. The number of fused-ring (bicyclic) bond motifs is 1. The van der Waals surface area contributed by atoms with Gasteiger partial charge < -0.3 is 14.0 Å². The van der Waals surface area contributed by atoms with E-state index in [9.17, 15) is 22.8 Å². The predicted molar refractivity (Wildman–Crippen MR) is 160 cm³/mol. The van der Waals surface area contributed by atoms with E-state index in [2.05, 4.69) is 15.2 Å².